The summed E-state index contributed by atoms with van der Waals surface area (Å²) in [6.45, 7) is -1.33. The number of rotatable bonds is 10. The van der Waals surface area contributed by atoms with Crippen LogP contribution in [0.5, 0.6) is 0 Å². The maximum atomic E-state index is 15.0. The zero-order valence-corrected chi connectivity index (χ0v) is 25.5. The molecule has 45 heavy (non-hydrogen) atoms. The van der Waals surface area contributed by atoms with Crippen molar-refractivity contribution in [1.29, 1.82) is 0 Å². The van der Waals surface area contributed by atoms with E-state index in [0.717, 1.165) is 6.07 Å². The lowest BCUT2D eigenvalue weighted by atomic mass is 9.89. The largest absolute Gasteiger partial charge is 0.481 e. The first-order chi connectivity index (χ1) is 21.1. The van der Waals surface area contributed by atoms with Gasteiger partial charge in [0, 0.05) is 22.2 Å². The van der Waals surface area contributed by atoms with Gasteiger partial charge in [-0.05, 0) is 54.3 Å². The fourth-order valence-electron chi connectivity index (χ4n) is 5.67. The molecule has 0 radical (unpaired) electrons. The molecule has 0 aromatic heterocycles. The maximum absolute atomic E-state index is 15.0. The van der Waals surface area contributed by atoms with Crippen molar-refractivity contribution in [1.82, 2.24) is 9.62 Å². The van der Waals surface area contributed by atoms with Gasteiger partial charge in [-0.15, -0.1) is 0 Å². The summed E-state index contributed by atoms with van der Waals surface area (Å²) in [7, 11) is -4.62. The number of carboxylic acids is 1. The van der Waals surface area contributed by atoms with Crippen molar-refractivity contribution < 1.29 is 45.4 Å². The van der Waals surface area contributed by atoms with E-state index in [0.29, 0.717) is 4.90 Å². The fourth-order valence-corrected chi connectivity index (χ4v) is 7.74. The van der Waals surface area contributed by atoms with E-state index in [4.69, 9.17) is 27.9 Å². The molecule has 1 heterocycles. The first-order valence-corrected chi connectivity index (χ1v) is 15.9. The average Bonchev–Trinajstić information content (AvgIpc) is 3.77. The highest BCUT2D eigenvalue weighted by atomic mass is 35.5. The molecule has 2 aliphatic rings. The van der Waals surface area contributed by atoms with Crippen molar-refractivity contribution in [3.63, 3.8) is 0 Å². The SMILES string of the molecule is O=C(O)C[C@@H]1O[C@H](c2cccc(Cl)c2)[C@@H](c2ccc(Cl)cc2)N([C@@H](CNS(=O)(=O)C2(c3ccccc3F)CC2)C(F)(F)F)C1=O. The highest BCUT2D eigenvalue weighted by molar-refractivity contribution is 7.90. The molecule has 1 amide bonds. The minimum Gasteiger partial charge on any atom is -0.481 e. The van der Waals surface area contributed by atoms with Crippen LogP contribution in [0.25, 0.3) is 0 Å². The number of sulfonamides is 1. The molecule has 1 saturated carbocycles. The Morgan fingerprint density at radius 3 is 2.27 bits per heavy atom. The lowest BCUT2D eigenvalue weighted by molar-refractivity contribution is -0.222. The molecule has 2 fully saturated rings. The van der Waals surface area contributed by atoms with Crippen molar-refractivity contribution >= 4 is 45.1 Å². The number of carboxylic acid groups (broad SMARTS) is 1. The Kier molecular flexibility index (Phi) is 9.22. The number of ether oxygens (including phenoxy) is 1. The summed E-state index contributed by atoms with van der Waals surface area (Å²) in [5.74, 6) is -3.64. The standard InChI is InChI=1S/C30H26Cl2F4N2O6S/c31-19-10-8-17(9-11-19)26-27(18-4-3-5-20(32)14-18)44-23(15-25(39)40)28(41)38(26)24(30(34,35)36)16-37-45(42,43)29(12-13-29)21-6-1-2-7-22(21)33/h1-11,14,23-24,26-27,37H,12-13,15-16H2,(H,39,40)/t23-,24-,26+,27+/m0/s1. The number of nitrogens with zero attached hydrogens (tertiary/aromatic N) is 1. The van der Waals surface area contributed by atoms with Crippen LogP contribution in [-0.4, -0.2) is 55.2 Å². The predicted octanol–water partition coefficient (Wildman–Crippen LogP) is 6.16. The molecular weight excluding hydrogens is 663 g/mol. The number of benzene rings is 3. The monoisotopic (exact) mass is 688 g/mol. The zero-order valence-electron chi connectivity index (χ0n) is 23.2. The van der Waals surface area contributed by atoms with Crippen LogP contribution in [0, 0.1) is 5.82 Å². The zero-order chi connectivity index (χ0) is 32.7. The molecule has 15 heteroatoms. The first-order valence-electron chi connectivity index (χ1n) is 13.7. The Hall–Kier alpha value is -3.23. The third-order valence-electron chi connectivity index (χ3n) is 7.94. The highest BCUT2D eigenvalue weighted by Crippen LogP contribution is 2.53. The number of alkyl halides is 3. The van der Waals surface area contributed by atoms with Gasteiger partial charge in [0.15, 0.2) is 0 Å². The van der Waals surface area contributed by atoms with Crippen molar-refractivity contribution in [2.75, 3.05) is 6.54 Å². The van der Waals surface area contributed by atoms with Gasteiger partial charge in [-0.1, -0.05) is 65.7 Å². The van der Waals surface area contributed by atoms with Crippen molar-refractivity contribution in [2.45, 2.75) is 54.5 Å². The minimum absolute atomic E-state index is 0.0264. The third kappa shape index (κ3) is 6.68. The lowest BCUT2D eigenvalue weighted by Crippen LogP contribution is -2.62. The van der Waals surface area contributed by atoms with Gasteiger partial charge in [0.1, 0.15) is 28.8 Å². The highest BCUT2D eigenvalue weighted by Gasteiger charge is 2.59. The molecule has 2 N–H and O–H groups in total. The Balaban J connectivity index is 1.60. The maximum Gasteiger partial charge on any atom is 0.410 e. The molecule has 0 unspecified atom stereocenters. The summed E-state index contributed by atoms with van der Waals surface area (Å²) < 4.78 is 92.8. The van der Waals surface area contributed by atoms with Crippen LogP contribution in [0.15, 0.2) is 72.8 Å². The van der Waals surface area contributed by atoms with Gasteiger partial charge in [-0.2, -0.15) is 13.2 Å². The average molecular weight is 690 g/mol. The smallest absolute Gasteiger partial charge is 0.410 e. The molecule has 1 aliphatic heterocycles. The number of hydrogen-bond acceptors (Lipinski definition) is 5. The van der Waals surface area contributed by atoms with Gasteiger partial charge >= 0.3 is 12.1 Å². The van der Waals surface area contributed by atoms with Gasteiger partial charge < -0.3 is 14.7 Å². The Labute approximate surface area is 265 Å². The summed E-state index contributed by atoms with van der Waals surface area (Å²) in [5, 5.41) is 9.94. The Bertz CT molecular complexity index is 1700. The summed E-state index contributed by atoms with van der Waals surface area (Å²) >= 11 is 12.2. The number of hydrogen-bond donors (Lipinski definition) is 2. The van der Waals surface area contributed by atoms with Crippen LogP contribution in [-0.2, 0) is 29.1 Å². The van der Waals surface area contributed by atoms with Crippen LogP contribution in [0.3, 0.4) is 0 Å². The van der Waals surface area contributed by atoms with Gasteiger partial charge in [-0.25, -0.2) is 17.5 Å². The summed E-state index contributed by atoms with van der Waals surface area (Å²) in [5.41, 5.74) is 0.215. The van der Waals surface area contributed by atoms with E-state index in [1.54, 1.807) is 0 Å². The fraction of sp³-hybridized carbons (Fsp3) is 0.333. The van der Waals surface area contributed by atoms with Crippen LogP contribution >= 0.6 is 23.2 Å². The number of carbonyl (C=O) groups excluding carboxylic acids is 1. The normalized spacial score (nSPS) is 22.2. The van der Waals surface area contributed by atoms with E-state index in [1.807, 2.05) is 4.72 Å². The number of nitrogens with one attached hydrogen (secondary N) is 1. The minimum atomic E-state index is -5.22. The number of halogens is 6. The van der Waals surface area contributed by atoms with Crippen molar-refractivity contribution in [2.24, 2.45) is 0 Å². The number of amides is 1. The molecule has 8 nitrogen and oxygen atoms in total. The molecular formula is C30H26Cl2F4N2O6S. The van der Waals surface area contributed by atoms with Crippen LogP contribution in [0.2, 0.25) is 10.0 Å². The van der Waals surface area contributed by atoms with Crippen LogP contribution in [0.1, 0.15) is 48.1 Å². The molecule has 5 rings (SSSR count). The van der Waals surface area contributed by atoms with Gasteiger partial charge in [0.2, 0.25) is 10.0 Å². The molecule has 0 spiro atoms. The van der Waals surface area contributed by atoms with Gasteiger partial charge in [0.25, 0.3) is 5.91 Å². The van der Waals surface area contributed by atoms with E-state index >= 15 is 13.2 Å². The number of morpholine rings is 1. The van der Waals surface area contributed by atoms with Gasteiger partial charge in [0.05, 0.1) is 12.5 Å². The van der Waals surface area contributed by atoms with E-state index < -0.39 is 75.9 Å². The van der Waals surface area contributed by atoms with Crippen LogP contribution in [0.4, 0.5) is 17.6 Å². The van der Waals surface area contributed by atoms with Gasteiger partial charge in [-0.3, -0.25) is 9.59 Å². The predicted molar refractivity (Wildman–Crippen MR) is 156 cm³/mol. The lowest BCUT2D eigenvalue weighted by Gasteiger charge is -2.48. The van der Waals surface area contributed by atoms with E-state index in [1.165, 1.54) is 66.7 Å². The van der Waals surface area contributed by atoms with Crippen molar-refractivity contribution in [3.8, 4) is 0 Å². The molecule has 4 atom stereocenters. The number of carbonyl (C=O) groups is 2. The quantitative estimate of drug-likeness (QED) is 0.247. The Morgan fingerprint density at radius 1 is 1.02 bits per heavy atom. The molecule has 1 saturated heterocycles. The van der Waals surface area contributed by atoms with Crippen molar-refractivity contribution in [3.05, 3.63) is 105 Å². The topological polar surface area (TPSA) is 113 Å². The molecule has 3 aromatic carbocycles. The first kappa shape index (κ1) is 33.1. The number of aliphatic carboxylic acids is 1. The van der Waals surface area contributed by atoms with E-state index in [2.05, 4.69) is 0 Å². The van der Waals surface area contributed by atoms with E-state index in [9.17, 15) is 27.5 Å². The molecule has 0 bridgehead atoms. The Morgan fingerprint density at radius 2 is 1.69 bits per heavy atom. The van der Waals surface area contributed by atoms with Crippen LogP contribution < -0.4 is 4.72 Å². The second-order valence-corrected chi connectivity index (χ2v) is 13.8. The second-order valence-electron chi connectivity index (χ2n) is 10.8. The molecule has 1 aliphatic carbocycles. The second kappa shape index (κ2) is 12.5. The third-order valence-corrected chi connectivity index (χ3v) is 10.6. The molecule has 3 aromatic rings. The van der Waals surface area contributed by atoms with E-state index in [-0.39, 0.29) is 39.6 Å². The summed E-state index contributed by atoms with van der Waals surface area (Å²) in [4.78, 5) is 25.9. The summed E-state index contributed by atoms with van der Waals surface area (Å²) in [6, 6.07) is 12.3. The summed E-state index contributed by atoms with van der Waals surface area (Å²) in [6.07, 6.45) is -9.46. The molecule has 240 valence electrons.